The number of aromatic nitrogens is 1. The molecule has 2 saturated carbocycles. The van der Waals surface area contributed by atoms with Crippen LogP contribution >= 0.6 is 0 Å². The van der Waals surface area contributed by atoms with Gasteiger partial charge in [-0.2, -0.15) is 0 Å². The predicted molar refractivity (Wildman–Crippen MR) is 172 cm³/mol. The molecule has 2 fully saturated rings. The molecule has 3 atom stereocenters. The third-order valence-corrected chi connectivity index (χ3v) is 9.51. The Bertz CT molecular complexity index is 1010. The number of carbonyl (C=O) groups excluding carboxylic acids is 3. The number of nitrogens with zero attached hydrogens (tertiary/aromatic N) is 4. The molecule has 0 aromatic carbocycles. The average molecular weight is 615 g/mol. The highest BCUT2D eigenvalue weighted by atomic mass is 16.3. The van der Waals surface area contributed by atoms with Gasteiger partial charge < -0.3 is 24.9 Å². The molecule has 0 spiro atoms. The monoisotopic (exact) mass is 614 g/mol. The van der Waals surface area contributed by atoms with Gasteiger partial charge in [0.2, 0.25) is 17.7 Å². The molecule has 3 rings (SSSR count). The first-order valence-corrected chi connectivity index (χ1v) is 17.1. The van der Waals surface area contributed by atoms with Gasteiger partial charge in [-0.3, -0.25) is 19.4 Å². The number of hydrogen-bond donors (Lipinski definition) is 2. The number of aliphatic hydroxyl groups excluding tert-OH is 2. The van der Waals surface area contributed by atoms with Gasteiger partial charge in [-0.25, -0.2) is 0 Å². The van der Waals surface area contributed by atoms with E-state index < -0.39 is 18.2 Å². The van der Waals surface area contributed by atoms with Gasteiger partial charge in [0.15, 0.2) is 0 Å². The zero-order chi connectivity index (χ0) is 32.1. The van der Waals surface area contributed by atoms with E-state index in [4.69, 9.17) is 0 Å². The molecule has 1 heterocycles. The molecule has 44 heavy (non-hydrogen) atoms. The highest BCUT2D eigenvalue weighted by molar-refractivity contribution is 5.87. The van der Waals surface area contributed by atoms with Crippen molar-refractivity contribution in [2.24, 2.45) is 17.8 Å². The van der Waals surface area contributed by atoms with E-state index in [0.29, 0.717) is 36.9 Å². The maximum absolute atomic E-state index is 14.1. The molecular weight excluding hydrogens is 556 g/mol. The van der Waals surface area contributed by atoms with E-state index in [1.54, 1.807) is 30.1 Å². The van der Waals surface area contributed by atoms with E-state index in [-0.39, 0.29) is 49.6 Å². The van der Waals surface area contributed by atoms with Crippen molar-refractivity contribution in [3.63, 3.8) is 0 Å². The van der Waals surface area contributed by atoms with Gasteiger partial charge in [0.1, 0.15) is 6.10 Å². The Morgan fingerprint density at radius 3 is 2.05 bits per heavy atom. The average Bonchev–Trinajstić information content (AvgIpc) is 3.01. The smallest absolute Gasteiger partial charge is 0.241 e. The van der Waals surface area contributed by atoms with Crippen LogP contribution < -0.4 is 0 Å². The van der Waals surface area contributed by atoms with Crippen LogP contribution in [0.1, 0.15) is 109 Å². The maximum atomic E-state index is 14.1. The van der Waals surface area contributed by atoms with Gasteiger partial charge in [0.05, 0.1) is 30.9 Å². The van der Waals surface area contributed by atoms with E-state index in [9.17, 15) is 24.6 Å². The van der Waals surface area contributed by atoms with Crippen molar-refractivity contribution in [3.8, 4) is 0 Å². The SMILES string of the molecule is CC(C)C[C@H](O)[C@H](O)[C@H](CC1CCCCC1)N(Cc1ccccn1)C(=O)CCC(=O)N(CC(=O)N(C)C)CC1CCCCC1. The fourth-order valence-corrected chi connectivity index (χ4v) is 6.91. The van der Waals surface area contributed by atoms with Crippen LogP contribution in [-0.2, 0) is 20.9 Å². The summed E-state index contributed by atoms with van der Waals surface area (Å²) in [6, 6.07) is 4.97. The summed E-state index contributed by atoms with van der Waals surface area (Å²) in [6.07, 6.45) is 11.8. The van der Waals surface area contributed by atoms with Gasteiger partial charge in [0, 0.05) is 39.7 Å². The predicted octanol–water partition coefficient (Wildman–Crippen LogP) is 4.79. The molecule has 0 bridgehead atoms. The lowest BCUT2D eigenvalue weighted by atomic mass is 9.81. The third-order valence-electron chi connectivity index (χ3n) is 9.51. The molecule has 248 valence electrons. The van der Waals surface area contributed by atoms with E-state index in [1.807, 2.05) is 32.0 Å². The molecule has 0 aliphatic heterocycles. The van der Waals surface area contributed by atoms with Crippen molar-refractivity contribution in [1.29, 1.82) is 0 Å². The van der Waals surface area contributed by atoms with Crippen LogP contribution in [0.4, 0.5) is 0 Å². The first-order chi connectivity index (χ1) is 21.0. The number of aliphatic hydroxyl groups is 2. The Labute approximate surface area is 265 Å². The van der Waals surface area contributed by atoms with Gasteiger partial charge in [-0.05, 0) is 55.6 Å². The zero-order valence-corrected chi connectivity index (χ0v) is 27.7. The Morgan fingerprint density at radius 2 is 1.48 bits per heavy atom. The number of rotatable bonds is 16. The molecule has 0 saturated heterocycles. The minimum atomic E-state index is -1.11. The molecule has 2 N–H and O–H groups in total. The molecular formula is C35H58N4O5. The summed E-state index contributed by atoms with van der Waals surface area (Å²) >= 11 is 0. The quantitative estimate of drug-likeness (QED) is 0.277. The summed E-state index contributed by atoms with van der Waals surface area (Å²) in [5, 5.41) is 22.6. The number of hydrogen-bond acceptors (Lipinski definition) is 6. The summed E-state index contributed by atoms with van der Waals surface area (Å²) in [6.45, 7) is 4.76. The molecule has 1 aromatic rings. The maximum Gasteiger partial charge on any atom is 0.241 e. The van der Waals surface area contributed by atoms with Gasteiger partial charge in [0.25, 0.3) is 0 Å². The summed E-state index contributed by atoms with van der Waals surface area (Å²) in [5.74, 6) is 0.354. The number of likely N-dealkylation sites (N-methyl/N-ethyl adjacent to an activating group) is 1. The van der Waals surface area contributed by atoms with Crippen molar-refractivity contribution in [2.45, 2.75) is 129 Å². The second-order valence-corrected chi connectivity index (χ2v) is 13.9. The lowest BCUT2D eigenvalue weighted by Gasteiger charge is -2.39. The summed E-state index contributed by atoms with van der Waals surface area (Å²) < 4.78 is 0. The fraction of sp³-hybridized carbons (Fsp3) is 0.771. The highest BCUT2D eigenvalue weighted by Crippen LogP contribution is 2.32. The van der Waals surface area contributed by atoms with Gasteiger partial charge in [-0.1, -0.05) is 71.3 Å². The van der Waals surface area contributed by atoms with Crippen LogP contribution in [0.25, 0.3) is 0 Å². The van der Waals surface area contributed by atoms with Gasteiger partial charge >= 0.3 is 0 Å². The van der Waals surface area contributed by atoms with Crippen LogP contribution in [0.3, 0.4) is 0 Å². The molecule has 3 amide bonds. The standard InChI is InChI=1S/C35H58N4O5/c1-26(2)21-31(40)35(44)30(22-27-13-7-5-8-14-27)39(24-29-17-11-12-20-36-29)33(42)19-18-32(41)38(25-34(43)37(3)4)23-28-15-9-6-10-16-28/h11-12,17,20,26-28,30-31,35,40,44H,5-10,13-16,18-19,21-25H2,1-4H3/t30-,31-,35+/m0/s1. The Morgan fingerprint density at radius 1 is 0.864 bits per heavy atom. The van der Waals surface area contributed by atoms with E-state index >= 15 is 0 Å². The molecule has 2 aliphatic carbocycles. The third kappa shape index (κ3) is 11.8. The first-order valence-electron chi connectivity index (χ1n) is 17.1. The summed E-state index contributed by atoms with van der Waals surface area (Å²) in [4.78, 5) is 49.6. The second kappa shape index (κ2) is 18.4. The van der Waals surface area contributed by atoms with Crippen LogP contribution in [0.15, 0.2) is 24.4 Å². The van der Waals surface area contributed by atoms with Crippen molar-refractivity contribution in [3.05, 3.63) is 30.1 Å². The number of amides is 3. The van der Waals surface area contributed by atoms with Gasteiger partial charge in [-0.15, -0.1) is 0 Å². The minimum absolute atomic E-state index is 0.00816. The topological polar surface area (TPSA) is 114 Å². The van der Waals surface area contributed by atoms with Crippen molar-refractivity contribution >= 4 is 17.7 Å². The van der Waals surface area contributed by atoms with Crippen LogP contribution in [0.2, 0.25) is 0 Å². The van der Waals surface area contributed by atoms with Crippen LogP contribution in [0, 0.1) is 17.8 Å². The molecule has 0 radical (unpaired) electrons. The van der Waals surface area contributed by atoms with Crippen molar-refractivity contribution in [2.75, 3.05) is 27.2 Å². The minimum Gasteiger partial charge on any atom is -0.390 e. The molecule has 1 aromatic heterocycles. The molecule has 0 unspecified atom stereocenters. The van der Waals surface area contributed by atoms with Crippen LogP contribution in [0.5, 0.6) is 0 Å². The highest BCUT2D eigenvalue weighted by Gasteiger charge is 2.37. The fourth-order valence-electron chi connectivity index (χ4n) is 6.91. The number of carbonyl (C=O) groups is 3. The van der Waals surface area contributed by atoms with Crippen LogP contribution in [-0.4, -0.2) is 93.1 Å². The normalized spacial score (nSPS) is 18.4. The van der Waals surface area contributed by atoms with E-state index in [0.717, 1.165) is 51.4 Å². The summed E-state index contributed by atoms with van der Waals surface area (Å²) in [7, 11) is 3.38. The Kier molecular flexibility index (Phi) is 15.1. The number of pyridine rings is 1. The van der Waals surface area contributed by atoms with Crippen molar-refractivity contribution in [1.82, 2.24) is 19.7 Å². The molecule has 2 aliphatic rings. The van der Waals surface area contributed by atoms with E-state index in [2.05, 4.69) is 4.98 Å². The Hall–Kier alpha value is -2.52. The summed E-state index contributed by atoms with van der Waals surface area (Å²) in [5.41, 5.74) is 0.696. The first kappa shape index (κ1) is 36.0. The zero-order valence-electron chi connectivity index (χ0n) is 27.7. The molecule has 9 heteroatoms. The van der Waals surface area contributed by atoms with E-state index in [1.165, 1.54) is 17.7 Å². The lowest BCUT2D eigenvalue weighted by Crippen LogP contribution is -2.52. The molecule has 9 nitrogen and oxygen atoms in total. The van der Waals surface area contributed by atoms with Crippen molar-refractivity contribution < 1.29 is 24.6 Å². The largest absolute Gasteiger partial charge is 0.390 e. The second-order valence-electron chi connectivity index (χ2n) is 13.9. The Balaban J connectivity index is 1.82. The lowest BCUT2D eigenvalue weighted by molar-refractivity contribution is -0.145.